The number of amidine groups is 1. The number of hydrogen-bond acceptors (Lipinski definition) is 4. The Morgan fingerprint density at radius 1 is 1.21 bits per heavy atom. The molecule has 1 heterocycles. The summed E-state index contributed by atoms with van der Waals surface area (Å²) in [5.74, 6) is -0.0969. The van der Waals surface area contributed by atoms with Gasteiger partial charge in [0.1, 0.15) is 5.84 Å². The molecular weight excluding hydrogens is 328 g/mol. The molecule has 0 radical (unpaired) electrons. The summed E-state index contributed by atoms with van der Waals surface area (Å²) < 4.78 is 0. The van der Waals surface area contributed by atoms with Gasteiger partial charge in [-0.25, -0.2) is 5.48 Å². The molecule has 24 heavy (non-hydrogen) atoms. The largest absolute Gasteiger partial charge is 0.375 e. The van der Waals surface area contributed by atoms with E-state index in [-0.39, 0.29) is 6.04 Å². The lowest BCUT2D eigenvalue weighted by Gasteiger charge is -2.21. The van der Waals surface area contributed by atoms with Crippen molar-refractivity contribution in [2.45, 2.75) is 12.5 Å². The number of halogens is 1. The number of benzene rings is 2. The molecule has 0 aromatic heterocycles. The molecule has 0 bridgehead atoms. The van der Waals surface area contributed by atoms with Crippen LogP contribution in [-0.2, 0) is 0 Å². The SMILES string of the molecule is N=C1C(Nc2ccc(C(=O)NO)cc2)CCN1c1ccccc1Cl. The summed E-state index contributed by atoms with van der Waals surface area (Å²) >= 11 is 6.22. The van der Waals surface area contributed by atoms with Crippen LogP contribution in [0.3, 0.4) is 0 Å². The first-order valence-electron chi connectivity index (χ1n) is 7.51. The van der Waals surface area contributed by atoms with Gasteiger partial charge in [-0.15, -0.1) is 0 Å². The lowest BCUT2D eigenvalue weighted by atomic mass is 10.1. The average Bonchev–Trinajstić information content (AvgIpc) is 2.96. The van der Waals surface area contributed by atoms with E-state index in [1.165, 1.54) is 0 Å². The minimum Gasteiger partial charge on any atom is -0.375 e. The molecule has 0 aliphatic carbocycles. The van der Waals surface area contributed by atoms with E-state index in [1.807, 2.05) is 29.2 Å². The van der Waals surface area contributed by atoms with Crippen molar-refractivity contribution in [1.29, 1.82) is 5.41 Å². The molecule has 1 unspecified atom stereocenters. The van der Waals surface area contributed by atoms with Crippen LogP contribution in [0.1, 0.15) is 16.8 Å². The van der Waals surface area contributed by atoms with Gasteiger partial charge in [-0.3, -0.25) is 15.4 Å². The third-order valence-electron chi connectivity index (χ3n) is 4.00. The Balaban J connectivity index is 1.70. The van der Waals surface area contributed by atoms with Crippen molar-refractivity contribution in [3.63, 3.8) is 0 Å². The van der Waals surface area contributed by atoms with Crippen LogP contribution in [0.2, 0.25) is 5.02 Å². The van der Waals surface area contributed by atoms with Gasteiger partial charge < -0.3 is 10.2 Å². The van der Waals surface area contributed by atoms with Crippen molar-refractivity contribution < 1.29 is 10.0 Å². The van der Waals surface area contributed by atoms with Crippen molar-refractivity contribution in [3.8, 4) is 0 Å². The average molecular weight is 345 g/mol. The van der Waals surface area contributed by atoms with Crippen LogP contribution in [0.15, 0.2) is 48.5 Å². The van der Waals surface area contributed by atoms with Gasteiger partial charge in [0.05, 0.1) is 16.8 Å². The Bertz CT molecular complexity index is 763. The van der Waals surface area contributed by atoms with Gasteiger partial charge in [0.25, 0.3) is 5.91 Å². The standard InChI is InChI=1S/C17H17ClN4O2/c18-13-3-1-2-4-15(13)22-10-9-14(16(22)19)20-12-7-5-11(6-8-12)17(23)21-24/h1-8,14,19-20,24H,9-10H2,(H,21,23). The van der Waals surface area contributed by atoms with Crippen LogP contribution >= 0.6 is 11.6 Å². The number of amides is 1. The Labute approximate surface area is 144 Å². The zero-order valence-electron chi connectivity index (χ0n) is 12.8. The lowest BCUT2D eigenvalue weighted by molar-refractivity contribution is 0.0706. The summed E-state index contributed by atoms with van der Waals surface area (Å²) in [7, 11) is 0. The van der Waals surface area contributed by atoms with E-state index in [0.29, 0.717) is 23.0 Å². The first-order valence-corrected chi connectivity index (χ1v) is 7.89. The number of nitrogens with zero attached hydrogens (tertiary/aromatic N) is 1. The molecule has 4 N–H and O–H groups in total. The molecule has 124 valence electrons. The maximum absolute atomic E-state index is 11.3. The highest BCUT2D eigenvalue weighted by atomic mass is 35.5. The summed E-state index contributed by atoms with van der Waals surface area (Å²) in [5.41, 5.74) is 3.60. The second kappa shape index (κ2) is 6.90. The van der Waals surface area contributed by atoms with E-state index >= 15 is 0 Å². The second-order valence-corrected chi connectivity index (χ2v) is 5.90. The summed E-state index contributed by atoms with van der Waals surface area (Å²) in [4.78, 5) is 13.2. The van der Waals surface area contributed by atoms with E-state index in [2.05, 4.69) is 5.32 Å². The fraction of sp³-hybridized carbons (Fsp3) is 0.176. The van der Waals surface area contributed by atoms with Crippen molar-refractivity contribution >= 4 is 34.7 Å². The number of hydroxylamine groups is 1. The number of para-hydroxylation sites is 1. The number of carbonyl (C=O) groups is 1. The lowest BCUT2D eigenvalue weighted by Crippen LogP contribution is -2.33. The topological polar surface area (TPSA) is 88.5 Å². The van der Waals surface area contributed by atoms with E-state index in [9.17, 15) is 4.79 Å². The van der Waals surface area contributed by atoms with Crippen molar-refractivity contribution in [2.75, 3.05) is 16.8 Å². The zero-order valence-corrected chi connectivity index (χ0v) is 13.5. The Kier molecular flexibility index (Phi) is 4.69. The third-order valence-corrected chi connectivity index (χ3v) is 4.31. The molecule has 2 aromatic rings. The Hall–Kier alpha value is -2.57. The smallest absolute Gasteiger partial charge is 0.274 e. The normalized spacial score (nSPS) is 17.0. The molecule has 1 atom stereocenters. The predicted octanol–water partition coefficient (Wildman–Crippen LogP) is 3.13. The van der Waals surface area contributed by atoms with Gasteiger partial charge in [0.15, 0.2) is 0 Å². The highest BCUT2D eigenvalue weighted by Crippen LogP contribution is 2.30. The van der Waals surface area contributed by atoms with Crippen LogP contribution in [0, 0.1) is 5.41 Å². The molecule has 1 aliphatic heterocycles. The molecule has 1 amide bonds. The fourth-order valence-corrected chi connectivity index (χ4v) is 2.99. The highest BCUT2D eigenvalue weighted by molar-refractivity contribution is 6.34. The van der Waals surface area contributed by atoms with Crippen LogP contribution in [0.25, 0.3) is 0 Å². The number of carbonyl (C=O) groups excluding carboxylic acids is 1. The van der Waals surface area contributed by atoms with Crippen molar-refractivity contribution in [1.82, 2.24) is 5.48 Å². The molecule has 2 aromatic carbocycles. The number of nitrogens with one attached hydrogen (secondary N) is 3. The van der Waals surface area contributed by atoms with Crippen LogP contribution in [-0.4, -0.2) is 29.5 Å². The monoisotopic (exact) mass is 344 g/mol. The minimum atomic E-state index is -0.556. The van der Waals surface area contributed by atoms with Gasteiger partial charge in [-0.1, -0.05) is 23.7 Å². The van der Waals surface area contributed by atoms with Crippen molar-refractivity contribution in [3.05, 3.63) is 59.1 Å². The van der Waals surface area contributed by atoms with Gasteiger partial charge in [0.2, 0.25) is 0 Å². The van der Waals surface area contributed by atoms with Gasteiger partial charge in [-0.2, -0.15) is 0 Å². The number of rotatable bonds is 4. The van der Waals surface area contributed by atoms with Crippen LogP contribution in [0.5, 0.6) is 0 Å². The predicted molar refractivity (Wildman–Crippen MR) is 94.2 cm³/mol. The first-order chi connectivity index (χ1) is 11.6. The van der Waals surface area contributed by atoms with E-state index < -0.39 is 5.91 Å². The summed E-state index contributed by atoms with van der Waals surface area (Å²) in [6.07, 6.45) is 0.781. The van der Waals surface area contributed by atoms with E-state index in [0.717, 1.165) is 17.8 Å². The number of anilines is 2. The molecule has 1 fully saturated rings. The Morgan fingerprint density at radius 2 is 1.92 bits per heavy atom. The molecule has 0 spiro atoms. The fourth-order valence-electron chi connectivity index (χ4n) is 2.75. The molecule has 1 aliphatic rings. The summed E-state index contributed by atoms with van der Waals surface area (Å²) in [6, 6.07) is 14.1. The van der Waals surface area contributed by atoms with E-state index in [4.69, 9.17) is 22.2 Å². The minimum absolute atomic E-state index is 0.126. The molecule has 7 heteroatoms. The van der Waals surface area contributed by atoms with Gasteiger partial charge >= 0.3 is 0 Å². The zero-order chi connectivity index (χ0) is 17.1. The molecule has 0 saturated carbocycles. The number of hydrogen-bond donors (Lipinski definition) is 4. The van der Waals surface area contributed by atoms with Crippen molar-refractivity contribution in [2.24, 2.45) is 0 Å². The van der Waals surface area contributed by atoms with Crippen LogP contribution < -0.4 is 15.7 Å². The molecule has 3 rings (SSSR count). The molecule has 1 saturated heterocycles. The summed E-state index contributed by atoms with van der Waals surface area (Å²) in [6.45, 7) is 0.714. The maximum Gasteiger partial charge on any atom is 0.274 e. The Morgan fingerprint density at radius 3 is 2.58 bits per heavy atom. The molecule has 6 nitrogen and oxygen atoms in total. The second-order valence-electron chi connectivity index (χ2n) is 5.49. The summed E-state index contributed by atoms with van der Waals surface area (Å²) in [5, 5.41) is 20.9. The van der Waals surface area contributed by atoms with E-state index in [1.54, 1.807) is 29.7 Å². The van der Waals surface area contributed by atoms with Crippen LogP contribution in [0.4, 0.5) is 11.4 Å². The highest BCUT2D eigenvalue weighted by Gasteiger charge is 2.30. The van der Waals surface area contributed by atoms with Gasteiger partial charge in [0, 0.05) is 17.8 Å². The molecular formula is C17H17ClN4O2. The quantitative estimate of drug-likeness (QED) is 0.507. The third kappa shape index (κ3) is 3.20. The maximum atomic E-state index is 11.3. The first kappa shape index (κ1) is 16.3. The van der Waals surface area contributed by atoms with Gasteiger partial charge in [-0.05, 0) is 42.8 Å².